The van der Waals surface area contributed by atoms with Gasteiger partial charge in [-0.05, 0) is 30.7 Å². The number of nitrogens with zero attached hydrogens (tertiary/aromatic N) is 2. The van der Waals surface area contributed by atoms with Gasteiger partial charge in [0.25, 0.3) is 0 Å². The first-order valence-electron chi connectivity index (χ1n) is 5.56. The number of rotatable bonds is 1. The third kappa shape index (κ3) is 1.68. The fourth-order valence-electron chi connectivity index (χ4n) is 1.99. The standard InChI is InChI=1S/C14H10ClFN2/c1-9-6-7-12-13(15)17-14(18(12)8-9)10-4-2-3-5-11(10)16/h2-8H,1H3. The highest BCUT2D eigenvalue weighted by atomic mass is 35.5. The summed E-state index contributed by atoms with van der Waals surface area (Å²) < 4.78 is 15.6. The van der Waals surface area contributed by atoms with Crippen molar-refractivity contribution >= 4 is 17.1 Å². The Morgan fingerprint density at radius 2 is 1.94 bits per heavy atom. The molecule has 0 aliphatic heterocycles. The number of benzene rings is 1. The molecule has 3 rings (SSSR count). The summed E-state index contributed by atoms with van der Waals surface area (Å²) in [6.45, 7) is 1.97. The summed E-state index contributed by atoms with van der Waals surface area (Å²) in [7, 11) is 0. The first-order chi connectivity index (χ1) is 8.66. The van der Waals surface area contributed by atoms with Gasteiger partial charge < -0.3 is 0 Å². The summed E-state index contributed by atoms with van der Waals surface area (Å²) in [6, 6.07) is 10.4. The molecule has 90 valence electrons. The molecule has 0 spiro atoms. The topological polar surface area (TPSA) is 17.3 Å². The minimum atomic E-state index is -0.303. The van der Waals surface area contributed by atoms with Gasteiger partial charge in [-0.2, -0.15) is 0 Å². The maximum Gasteiger partial charge on any atom is 0.155 e. The first kappa shape index (κ1) is 11.2. The molecule has 0 bridgehead atoms. The Morgan fingerprint density at radius 1 is 1.17 bits per heavy atom. The first-order valence-corrected chi connectivity index (χ1v) is 5.94. The van der Waals surface area contributed by atoms with Gasteiger partial charge in [0, 0.05) is 6.20 Å². The van der Waals surface area contributed by atoms with Crippen molar-refractivity contribution in [3.63, 3.8) is 0 Å². The summed E-state index contributed by atoms with van der Waals surface area (Å²) in [4.78, 5) is 4.25. The predicted molar refractivity (Wildman–Crippen MR) is 70.3 cm³/mol. The average molecular weight is 261 g/mol. The van der Waals surface area contributed by atoms with Crippen molar-refractivity contribution in [1.82, 2.24) is 9.38 Å². The third-order valence-electron chi connectivity index (χ3n) is 2.85. The van der Waals surface area contributed by atoms with Crippen molar-refractivity contribution in [3.8, 4) is 11.4 Å². The van der Waals surface area contributed by atoms with Crippen molar-refractivity contribution in [2.45, 2.75) is 6.92 Å². The number of fused-ring (bicyclic) bond motifs is 1. The second-order valence-corrected chi connectivity index (χ2v) is 4.53. The molecule has 0 saturated carbocycles. The van der Waals surface area contributed by atoms with Gasteiger partial charge in [0.05, 0.1) is 11.1 Å². The lowest BCUT2D eigenvalue weighted by Crippen LogP contribution is -1.92. The molecule has 4 heteroatoms. The normalized spacial score (nSPS) is 11.1. The van der Waals surface area contributed by atoms with Crippen molar-refractivity contribution in [1.29, 1.82) is 0 Å². The summed E-state index contributed by atoms with van der Waals surface area (Å²) >= 11 is 6.08. The Labute approximate surface area is 109 Å². The van der Waals surface area contributed by atoms with Gasteiger partial charge in [-0.1, -0.05) is 29.8 Å². The molecular formula is C14H10ClFN2. The van der Waals surface area contributed by atoms with E-state index in [2.05, 4.69) is 4.98 Å². The number of imidazole rings is 1. The van der Waals surface area contributed by atoms with Crippen LogP contribution in [0.3, 0.4) is 0 Å². The van der Waals surface area contributed by atoms with Crippen LogP contribution in [0.15, 0.2) is 42.6 Å². The lowest BCUT2D eigenvalue weighted by Gasteiger charge is -2.03. The van der Waals surface area contributed by atoms with E-state index in [1.807, 2.05) is 29.7 Å². The fourth-order valence-corrected chi connectivity index (χ4v) is 2.22. The maximum absolute atomic E-state index is 13.8. The number of aromatic nitrogens is 2. The zero-order valence-corrected chi connectivity index (χ0v) is 10.4. The van der Waals surface area contributed by atoms with Crippen LogP contribution in [-0.2, 0) is 0 Å². The second kappa shape index (κ2) is 4.10. The quantitative estimate of drug-likeness (QED) is 0.644. The minimum Gasteiger partial charge on any atom is -0.298 e. The zero-order valence-electron chi connectivity index (χ0n) is 9.69. The van der Waals surface area contributed by atoms with E-state index in [0.29, 0.717) is 16.5 Å². The van der Waals surface area contributed by atoms with E-state index < -0.39 is 0 Å². The van der Waals surface area contributed by atoms with E-state index in [1.165, 1.54) is 6.07 Å². The fraction of sp³-hybridized carbons (Fsp3) is 0.0714. The molecule has 0 radical (unpaired) electrons. The molecule has 0 aliphatic rings. The zero-order chi connectivity index (χ0) is 12.7. The second-order valence-electron chi connectivity index (χ2n) is 4.17. The summed E-state index contributed by atoms with van der Waals surface area (Å²) in [5, 5.41) is 0.383. The van der Waals surface area contributed by atoms with E-state index in [9.17, 15) is 4.39 Å². The molecule has 2 heterocycles. The monoisotopic (exact) mass is 260 g/mol. The lowest BCUT2D eigenvalue weighted by molar-refractivity contribution is 0.630. The van der Waals surface area contributed by atoms with E-state index in [-0.39, 0.29) is 5.82 Å². The highest BCUT2D eigenvalue weighted by Gasteiger charge is 2.14. The number of halogens is 2. The number of hydrogen-bond donors (Lipinski definition) is 0. The maximum atomic E-state index is 13.8. The van der Waals surface area contributed by atoms with Crippen LogP contribution in [0.2, 0.25) is 5.15 Å². The highest BCUT2D eigenvalue weighted by Crippen LogP contribution is 2.27. The van der Waals surface area contributed by atoms with Crippen molar-refractivity contribution in [3.05, 3.63) is 59.1 Å². The van der Waals surface area contributed by atoms with Gasteiger partial charge in [-0.15, -0.1) is 0 Å². The number of hydrogen-bond acceptors (Lipinski definition) is 1. The SMILES string of the molecule is Cc1ccc2c(Cl)nc(-c3ccccc3F)n2c1. The Morgan fingerprint density at radius 3 is 2.72 bits per heavy atom. The summed E-state index contributed by atoms with van der Waals surface area (Å²) in [6.07, 6.45) is 1.90. The van der Waals surface area contributed by atoms with E-state index in [1.54, 1.807) is 18.2 Å². The molecule has 3 aromatic rings. The number of aryl methyl sites for hydroxylation is 1. The molecule has 2 nitrogen and oxygen atoms in total. The minimum absolute atomic E-state index is 0.303. The molecule has 2 aromatic heterocycles. The largest absolute Gasteiger partial charge is 0.298 e. The molecule has 0 saturated heterocycles. The van der Waals surface area contributed by atoms with Crippen LogP contribution in [0.1, 0.15) is 5.56 Å². The molecule has 0 atom stereocenters. The van der Waals surface area contributed by atoms with E-state index in [4.69, 9.17) is 11.6 Å². The van der Waals surface area contributed by atoms with Crippen LogP contribution < -0.4 is 0 Å². The van der Waals surface area contributed by atoms with Crippen LogP contribution in [0, 0.1) is 12.7 Å². The van der Waals surface area contributed by atoms with Gasteiger partial charge in [-0.3, -0.25) is 4.40 Å². The van der Waals surface area contributed by atoms with Crippen molar-refractivity contribution < 1.29 is 4.39 Å². The molecular weight excluding hydrogens is 251 g/mol. The van der Waals surface area contributed by atoms with Crippen molar-refractivity contribution in [2.24, 2.45) is 0 Å². The molecule has 0 amide bonds. The van der Waals surface area contributed by atoms with Gasteiger partial charge in [0.15, 0.2) is 5.15 Å². The number of pyridine rings is 1. The predicted octanol–water partition coefficient (Wildman–Crippen LogP) is 4.10. The van der Waals surface area contributed by atoms with Crippen LogP contribution in [0.25, 0.3) is 16.9 Å². The third-order valence-corrected chi connectivity index (χ3v) is 3.13. The van der Waals surface area contributed by atoms with Crippen molar-refractivity contribution in [2.75, 3.05) is 0 Å². The lowest BCUT2D eigenvalue weighted by atomic mass is 10.2. The van der Waals surface area contributed by atoms with Crippen LogP contribution in [0.5, 0.6) is 0 Å². The van der Waals surface area contributed by atoms with Gasteiger partial charge in [-0.25, -0.2) is 9.37 Å². The highest BCUT2D eigenvalue weighted by molar-refractivity contribution is 6.32. The van der Waals surface area contributed by atoms with Gasteiger partial charge in [0.1, 0.15) is 11.6 Å². The molecule has 0 N–H and O–H groups in total. The Bertz CT molecular complexity index is 734. The van der Waals surface area contributed by atoms with E-state index in [0.717, 1.165) is 11.1 Å². The van der Waals surface area contributed by atoms with Crippen LogP contribution >= 0.6 is 11.6 Å². The van der Waals surface area contributed by atoms with Crippen LogP contribution in [0.4, 0.5) is 4.39 Å². The Hall–Kier alpha value is -1.87. The molecule has 1 aromatic carbocycles. The Balaban J connectivity index is 2.36. The van der Waals surface area contributed by atoms with Gasteiger partial charge >= 0.3 is 0 Å². The summed E-state index contributed by atoms with van der Waals surface area (Å²) in [5.41, 5.74) is 2.29. The smallest absolute Gasteiger partial charge is 0.155 e. The Kier molecular flexibility index (Phi) is 2.56. The molecule has 18 heavy (non-hydrogen) atoms. The summed E-state index contributed by atoms with van der Waals surface area (Å²) in [5.74, 6) is 0.222. The molecule has 0 unspecified atom stereocenters. The van der Waals surface area contributed by atoms with Gasteiger partial charge in [0.2, 0.25) is 0 Å². The average Bonchev–Trinajstić information content (AvgIpc) is 2.67. The molecule has 0 fully saturated rings. The van der Waals surface area contributed by atoms with Crippen LogP contribution in [-0.4, -0.2) is 9.38 Å². The van der Waals surface area contributed by atoms with E-state index >= 15 is 0 Å². The molecule has 0 aliphatic carbocycles.